The Bertz CT molecular complexity index is 330. The van der Waals surface area contributed by atoms with Gasteiger partial charge in [-0.15, -0.1) is 0 Å². The van der Waals surface area contributed by atoms with Crippen molar-refractivity contribution in [1.29, 1.82) is 0 Å². The second kappa shape index (κ2) is 4.98. The number of rotatable bonds is 4. The standard InChI is InChI=1S/C11H19N3O/c1-8(2)10(12)11(15)13-7-9-5-4-6-14(9)3/h4-6,8,10H,7,12H2,1-3H3,(H,13,15). The van der Waals surface area contributed by atoms with Crippen molar-refractivity contribution in [1.82, 2.24) is 9.88 Å². The number of nitrogens with two attached hydrogens (primary N) is 1. The molecule has 1 aromatic rings. The predicted octanol–water partition coefficient (Wildman–Crippen LogP) is 0.625. The molecule has 1 aromatic heterocycles. The number of nitrogens with zero attached hydrogens (tertiary/aromatic N) is 1. The van der Waals surface area contributed by atoms with Crippen LogP contribution in [0, 0.1) is 5.92 Å². The lowest BCUT2D eigenvalue weighted by atomic mass is 10.1. The highest BCUT2D eigenvalue weighted by atomic mass is 16.2. The van der Waals surface area contributed by atoms with Crippen molar-refractivity contribution < 1.29 is 4.79 Å². The van der Waals surface area contributed by atoms with Gasteiger partial charge < -0.3 is 15.6 Å². The molecule has 0 radical (unpaired) electrons. The van der Waals surface area contributed by atoms with Gasteiger partial charge >= 0.3 is 0 Å². The van der Waals surface area contributed by atoms with E-state index in [1.165, 1.54) is 0 Å². The van der Waals surface area contributed by atoms with E-state index >= 15 is 0 Å². The summed E-state index contributed by atoms with van der Waals surface area (Å²) in [6, 6.07) is 3.50. The van der Waals surface area contributed by atoms with Crippen molar-refractivity contribution in [3.63, 3.8) is 0 Å². The van der Waals surface area contributed by atoms with E-state index in [4.69, 9.17) is 5.73 Å². The first kappa shape index (κ1) is 11.8. The predicted molar refractivity (Wildman–Crippen MR) is 60.1 cm³/mol. The van der Waals surface area contributed by atoms with Crippen molar-refractivity contribution in [3.05, 3.63) is 24.0 Å². The Hall–Kier alpha value is -1.29. The number of hydrogen-bond donors (Lipinski definition) is 2. The van der Waals surface area contributed by atoms with Crippen molar-refractivity contribution in [2.45, 2.75) is 26.4 Å². The maximum Gasteiger partial charge on any atom is 0.237 e. The summed E-state index contributed by atoms with van der Waals surface area (Å²) in [5.74, 6) is 0.0737. The van der Waals surface area contributed by atoms with Crippen LogP contribution in [-0.4, -0.2) is 16.5 Å². The highest BCUT2D eigenvalue weighted by Gasteiger charge is 2.16. The summed E-state index contributed by atoms with van der Waals surface area (Å²) in [7, 11) is 1.95. The van der Waals surface area contributed by atoms with Gasteiger partial charge in [0, 0.05) is 18.9 Å². The molecule has 0 aliphatic rings. The van der Waals surface area contributed by atoms with Crippen LogP contribution in [-0.2, 0) is 18.4 Å². The maximum absolute atomic E-state index is 11.5. The molecule has 0 spiro atoms. The summed E-state index contributed by atoms with van der Waals surface area (Å²) in [5, 5.41) is 2.82. The molecular weight excluding hydrogens is 190 g/mol. The molecule has 0 aliphatic carbocycles. The summed E-state index contributed by atoms with van der Waals surface area (Å²) in [5.41, 5.74) is 6.79. The average Bonchev–Trinajstić information content (AvgIpc) is 2.59. The second-order valence-corrected chi connectivity index (χ2v) is 4.10. The number of carbonyl (C=O) groups is 1. The molecular formula is C11H19N3O. The molecule has 1 unspecified atom stereocenters. The normalized spacial score (nSPS) is 12.9. The summed E-state index contributed by atoms with van der Waals surface area (Å²) >= 11 is 0. The van der Waals surface area contributed by atoms with Gasteiger partial charge in [0.1, 0.15) is 0 Å². The zero-order valence-corrected chi connectivity index (χ0v) is 9.53. The highest BCUT2D eigenvalue weighted by Crippen LogP contribution is 2.01. The van der Waals surface area contributed by atoms with Gasteiger partial charge in [-0.2, -0.15) is 0 Å². The molecule has 1 rings (SSSR count). The fraction of sp³-hybridized carbons (Fsp3) is 0.545. The second-order valence-electron chi connectivity index (χ2n) is 4.10. The fourth-order valence-electron chi connectivity index (χ4n) is 1.28. The summed E-state index contributed by atoms with van der Waals surface area (Å²) in [6.07, 6.45) is 1.95. The Morgan fingerprint density at radius 2 is 2.27 bits per heavy atom. The molecule has 15 heavy (non-hydrogen) atoms. The lowest BCUT2D eigenvalue weighted by Crippen LogP contribution is -2.43. The summed E-state index contributed by atoms with van der Waals surface area (Å²) < 4.78 is 1.97. The van der Waals surface area contributed by atoms with Crippen LogP contribution in [0.4, 0.5) is 0 Å². The minimum atomic E-state index is -0.426. The van der Waals surface area contributed by atoms with Gasteiger partial charge in [0.25, 0.3) is 0 Å². The number of nitrogens with one attached hydrogen (secondary N) is 1. The Balaban J connectivity index is 2.44. The van der Waals surface area contributed by atoms with Gasteiger partial charge in [0.2, 0.25) is 5.91 Å². The van der Waals surface area contributed by atoms with Crippen molar-refractivity contribution in [3.8, 4) is 0 Å². The van der Waals surface area contributed by atoms with E-state index in [1.807, 2.05) is 43.8 Å². The lowest BCUT2D eigenvalue weighted by Gasteiger charge is -2.15. The minimum absolute atomic E-state index is 0.0915. The van der Waals surface area contributed by atoms with E-state index in [2.05, 4.69) is 5.32 Å². The lowest BCUT2D eigenvalue weighted by molar-refractivity contribution is -0.123. The first-order valence-electron chi connectivity index (χ1n) is 5.16. The van der Waals surface area contributed by atoms with E-state index in [9.17, 15) is 4.79 Å². The van der Waals surface area contributed by atoms with E-state index < -0.39 is 6.04 Å². The minimum Gasteiger partial charge on any atom is -0.353 e. The largest absolute Gasteiger partial charge is 0.353 e. The molecule has 1 amide bonds. The van der Waals surface area contributed by atoms with Crippen molar-refractivity contribution in [2.75, 3.05) is 0 Å². The molecule has 1 heterocycles. The molecule has 0 fully saturated rings. The number of aryl methyl sites for hydroxylation is 1. The van der Waals surface area contributed by atoms with Crippen LogP contribution >= 0.6 is 0 Å². The Morgan fingerprint density at radius 1 is 1.60 bits per heavy atom. The molecule has 4 heteroatoms. The van der Waals surface area contributed by atoms with Gasteiger partial charge in [-0.3, -0.25) is 4.79 Å². The van der Waals surface area contributed by atoms with Gasteiger partial charge in [0.15, 0.2) is 0 Å². The van der Waals surface area contributed by atoms with Crippen LogP contribution in [0.2, 0.25) is 0 Å². The third kappa shape index (κ3) is 3.09. The third-order valence-electron chi connectivity index (χ3n) is 2.52. The molecule has 84 valence electrons. The van der Waals surface area contributed by atoms with Crippen LogP contribution in [0.25, 0.3) is 0 Å². The van der Waals surface area contributed by atoms with Gasteiger partial charge in [-0.05, 0) is 18.1 Å². The van der Waals surface area contributed by atoms with Crippen LogP contribution in [0.15, 0.2) is 18.3 Å². The van der Waals surface area contributed by atoms with E-state index in [0.29, 0.717) is 6.54 Å². The number of aromatic nitrogens is 1. The highest BCUT2D eigenvalue weighted by molar-refractivity contribution is 5.81. The Morgan fingerprint density at radius 3 is 2.73 bits per heavy atom. The maximum atomic E-state index is 11.5. The number of carbonyl (C=O) groups excluding carboxylic acids is 1. The van der Waals surface area contributed by atoms with Crippen LogP contribution in [0.5, 0.6) is 0 Å². The van der Waals surface area contributed by atoms with Crippen molar-refractivity contribution >= 4 is 5.91 Å². The smallest absolute Gasteiger partial charge is 0.237 e. The molecule has 1 atom stereocenters. The van der Waals surface area contributed by atoms with E-state index in [-0.39, 0.29) is 11.8 Å². The number of amides is 1. The zero-order valence-electron chi connectivity index (χ0n) is 9.53. The zero-order chi connectivity index (χ0) is 11.4. The first-order chi connectivity index (χ1) is 7.02. The Labute approximate surface area is 90.5 Å². The van der Waals surface area contributed by atoms with Gasteiger partial charge in [-0.1, -0.05) is 13.8 Å². The van der Waals surface area contributed by atoms with Crippen LogP contribution < -0.4 is 11.1 Å². The number of hydrogen-bond acceptors (Lipinski definition) is 2. The topological polar surface area (TPSA) is 60.1 Å². The molecule has 0 saturated carbocycles. The molecule has 0 aliphatic heterocycles. The first-order valence-corrected chi connectivity index (χ1v) is 5.16. The summed E-state index contributed by atoms with van der Waals surface area (Å²) in [4.78, 5) is 11.5. The monoisotopic (exact) mass is 209 g/mol. The van der Waals surface area contributed by atoms with Gasteiger partial charge in [0.05, 0.1) is 12.6 Å². The van der Waals surface area contributed by atoms with Crippen molar-refractivity contribution in [2.24, 2.45) is 18.7 Å². The molecule has 4 nitrogen and oxygen atoms in total. The van der Waals surface area contributed by atoms with E-state index in [0.717, 1.165) is 5.69 Å². The van der Waals surface area contributed by atoms with Crippen LogP contribution in [0.1, 0.15) is 19.5 Å². The summed E-state index contributed by atoms with van der Waals surface area (Å²) in [6.45, 7) is 4.41. The quantitative estimate of drug-likeness (QED) is 0.764. The fourth-order valence-corrected chi connectivity index (χ4v) is 1.28. The third-order valence-corrected chi connectivity index (χ3v) is 2.52. The Kier molecular flexibility index (Phi) is 3.91. The molecule has 0 aromatic carbocycles. The SMILES string of the molecule is CC(C)C(N)C(=O)NCc1cccn1C. The van der Waals surface area contributed by atoms with Gasteiger partial charge in [-0.25, -0.2) is 0 Å². The average molecular weight is 209 g/mol. The molecule has 3 N–H and O–H groups in total. The molecule has 0 bridgehead atoms. The van der Waals surface area contributed by atoms with Crippen LogP contribution in [0.3, 0.4) is 0 Å². The van der Waals surface area contributed by atoms with E-state index in [1.54, 1.807) is 0 Å². The molecule has 0 saturated heterocycles.